The van der Waals surface area contributed by atoms with Gasteiger partial charge in [0.25, 0.3) is 5.91 Å². The number of nitrogens with zero attached hydrogens (tertiary/aromatic N) is 1. The summed E-state index contributed by atoms with van der Waals surface area (Å²) in [5, 5.41) is 2.77. The summed E-state index contributed by atoms with van der Waals surface area (Å²) in [6, 6.07) is 14.9. The molecule has 0 bridgehead atoms. The van der Waals surface area contributed by atoms with E-state index in [1.807, 2.05) is 48.5 Å². The summed E-state index contributed by atoms with van der Waals surface area (Å²) in [6.07, 6.45) is 2.25. The number of ether oxygens (including phenoxy) is 1. The second kappa shape index (κ2) is 6.09. The molecule has 0 aromatic heterocycles. The van der Waals surface area contributed by atoms with Gasteiger partial charge in [-0.2, -0.15) is 0 Å². The average Bonchev–Trinajstić information content (AvgIpc) is 2.65. The third-order valence-electron chi connectivity index (χ3n) is 4.71. The van der Waals surface area contributed by atoms with Crippen molar-refractivity contribution in [1.82, 2.24) is 10.2 Å². The maximum atomic E-state index is 12.9. The Kier molecular flexibility index (Phi) is 3.76. The van der Waals surface area contributed by atoms with E-state index in [1.54, 1.807) is 18.1 Å². The van der Waals surface area contributed by atoms with Gasteiger partial charge in [-0.3, -0.25) is 9.59 Å². The van der Waals surface area contributed by atoms with Crippen LogP contribution in [0.15, 0.2) is 54.2 Å². The lowest BCUT2D eigenvalue weighted by Gasteiger charge is -2.39. The van der Waals surface area contributed by atoms with E-state index in [0.29, 0.717) is 24.4 Å². The summed E-state index contributed by atoms with van der Waals surface area (Å²) in [7, 11) is 1.59. The predicted molar refractivity (Wildman–Crippen MR) is 93.6 cm³/mol. The highest BCUT2D eigenvalue weighted by Gasteiger charge is 2.40. The van der Waals surface area contributed by atoms with E-state index in [0.717, 1.165) is 16.7 Å². The van der Waals surface area contributed by atoms with Gasteiger partial charge in [0.05, 0.1) is 7.11 Å². The normalized spacial score (nSPS) is 20.8. The number of hydrogen-bond donors (Lipinski definition) is 1. The van der Waals surface area contributed by atoms with Gasteiger partial charge in [0, 0.05) is 13.0 Å². The Balaban J connectivity index is 1.66. The Morgan fingerprint density at radius 2 is 1.92 bits per heavy atom. The Hall–Kier alpha value is -3.08. The molecule has 0 saturated carbocycles. The molecular formula is C20H18N2O3. The van der Waals surface area contributed by atoms with Crippen LogP contribution in [0.5, 0.6) is 5.75 Å². The van der Waals surface area contributed by atoms with E-state index >= 15 is 0 Å². The quantitative estimate of drug-likeness (QED) is 0.856. The maximum absolute atomic E-state index is 12.9. The molecule has 2 amide bonds. The van der Waals surface area contributed by atoms with Gasteiger partial charge in [0.15, 0.2) is 0 Å². The van der Waals surface area contributed by atoms with E-state index in [-0.39, 0.29) is 11.8 Å². The minimum Gasteiger partial charge on any atom is -0.497 e. The van der Waals surface area contributed by atoms with E-state index in [4.69, 9.17) is 4.74 Å². The minimum absolute atomic E-state index is 0.136. The molecule has 2 heterocycles. The number of rotatable bonds is 2. The Labute approximate surface area is 145 Å². The number of fused-ring (bicyclic) bond motifs is 2. The van der Waals surface area contributed by atoms with Crippen LogP contribution in [0, 0.1) is 0 Å². The number of hydrogen-bond acceptors (Lipinski definition) is 3. The van der Waals surface area contributed by atoms with Gasteiger partial charge < -0.3 is 15.0 Å². The Morgan fingerprint density at radius 1 is 1.12 bits per heavy atom. The van der Waals surface area contributed by atoms with Crippen LogP contribution in [0.4, 0.5) is 0 Å². The summed E-state index contributed by atoms with van der Waals surface area (Å²) in [5.41, 5.74) is 3.34. The molecule has 1 fully saturated rings. The van der Waals surface area contributed by atoms with Crippen LogP contribution < -0.4 is 10.1 Å². The number of nitrogens with one attached hydrogen (secondary N) is 1. The second-order valence-corrected chi connectivity index (χ2v) is 6.25. The van der Waals surface area contributed by atoms with Crippen molar-refractivity contribution in [2.24, 2.45) is 0 Å². The van der Waals surface area contributed by atoms with Crippen LogP contribution in [0.3, 0.4) is 0 Å². The van der Waals surface area contributed by atoms with Gasteiger partial charge in [0.1, 0.15) is 17.5 Å². The standard InChI is InChI=1S/C20H18N2O3/c1-25-16-8-4-5-13(9-16)10-17-20(24)22-12-15-7-3-2-6-14(15)11-18(22)19(23)21-17/h2-10,18H,11-12H2,1H3,(H,21,23)/b17-10+. The molecule has 25 heavy (non-hydrogen) atoms. The van der Waals surface area contributed by atoms with Crippen molar-refractivity contribution in [3.8, 4) is 5.75 Å². The highest BCUT2D eigenvalue weighted by atomic mass is 16.5. The van der Waals surface area contributed by atoms with Crippen molar-refractivity contribution in [1.29, 1.82) is 0 Å². The summed E-state index contributed by atoms with van der Waals surface area (Å²) in [4.78, 5) is 27.1. The zero-order valence-corrected chi connectivity index (χ0v) is 13.9. The van der Waals surface area contributed by atoms with Crippen molar-refractivity contribution >= 4 is 17.9 Å². The smallest absolute Gasteiger partial charge is 0.271 e. The zero-order valence-electron chi connectivity index (χ0n) is 13.9. The summed E-state index contributed by atoms with van der Waals surface area (Å²) < 4.78 is 5.20. The van der Waals surface area contributed by atoms with E-state index in [1.165, 1.54) is 0 Å². The molecule has 1 saturated heterocycles. The van der Waals surface area contributed by atoms with Crippen LogP contribution in [-0.4, -0.2) is 29.9 Å². The van der Waals surface area contributed by atoms with Crippen LogP contribution in [-0.2, 0) is 22.6 Å². The lowest BCUT2D eigenvalue weighted by Crippen LogP contribution is -2.58. The first kappa shape index (κ1) is 15.4. The minimum atomic E-state index is -0.440. The summed E-state index contributed by atoms with van der Waals surface area (Å²) >= 11 is 0. The molecule has 1 N–H and O–H groups in total. The van der Waals surface area contributed by atoms with Gasteiger partial charge in [-0.15, -0.1) is 0 Å². The predicted octanol–water partition coefficient (Wildman–Crippen LogP) is 2.12. The fourth-order valence-electron chi connectivity index (χ4n) is 3.39. The van der Waals surface area contributed by atoms with Crippen molar-refractivity contribution in [3.05, 3.63) is 70.9 Å². The van der Waals surface area contributed by atoms with Gasteiger partial charge in [0.2, 0.25) is 5.91 Å². The molecule has 5 nitrogen and oxygen atoms in total. The molecule has 2 aromatic rings. The SMILES string of the molecule is COc1cccc(/C=C2/NC(=O)C3Cc4ccccc4CN3C2=O)c1. The first-order chi connectivity index (χ1) is 12.2. The Bertz CT molecular complexity index is 888. The van der Waals surface area contributed by atoms with Crippen molar-refractivity contribution in [2.45, 2.75) is 19.0 Å². The number of amides is 2. The molecule has 4 rings (SSSR count). The molecule has 126 valence electrons. The largest absolute Gasteiger partial charge is 0.497 e. The molecule has 2 aliphatic heterocycles. The molecular weight excluding hydrogens is 316 g/mol. The summed E-state index contributed by atoms with van der Waals surface area (Å²) in [6.45, 7) is 0.461. The molecule has 5 heteroatoms. The number of piperazine rings is 1. The topological polar surface area (TPSA) is 58.6 Å². The zero-order chi connectivity index (χ0) is 17.4. The third-order valence-corrected chi connectivity index (χ3v) is 4.71. The van der Waals surface area contributed by atoms with Crippen molar-refractivity contribution < 1.29 is 14.3 Å². The molecule has 1 atom stereocenters. The highest BCUT2D eigenvalue weighted by Crippen LogP contribution is 2.27. The van der Waals surface area contributed by atoms with Gasteiger partial charge >= 0.3 is 0 Å². The van der Waals surface area contributed by atoms with Gasteiger partial charge in [-0.25, -0.2) is 0 Å². The average molecular weight is 334 g/mol. The highest BCUT2D eigenvalue weighted by molar-refractivity contribution is 6.07. The monoisotopic (exact) mass is 334 g/mol. The molecule has 0 radical (unpaired) electrons. The number of benzene rings is 2. The fourth-order valence-corrected chi connectivity index (χ4v) is 3.39. The number of methoxy groups -OCH3 is 1. The maximum Gasteiger partial charge on any atom is 0.271 e. The van der Waals surface area contributed by atoms with Gasteiger partial charge in [-0.1, -0.05) is 36.4 Å². The second-order valence-electron chi connectivity index (χ2n) is 6.25. The number of carbonyl (C=O) groups excluding carboxylic acids is 2. The van der Waals surface area contributed by atoms with Gasteiger partial charge in [-0.05, 0) is 34.9 Å². The van der Waals surface area contributed by atoms with E-state index < -0.39 is 6.04 Å². The fraction of sp³-hybridized carbons (Fsp3) is 0.200. The lowest BCUT2D eigenvalue weighted by atomic mass is 9.91. The van der Waals surface area contributed by atoms with Crippen LogP contribution in [0.1, 0.15) is 16.7 Å². The Morgan fingerprint density at radius 3 is 2.72 bits per heavy atom. The lowest BCUT2D eigenvalue weighted by molar-refractivity contribution is -0.143. The molecule has 0 spiro atoms. The first-order valence-corrected chi connectivity index (χ1v) is 8.20. The molecule has 0 aliphatic carbocycles. The van der Waals surface area contributed by atoms with Crippen molar-refractivity contribution in [3.63, 3.8) is 0 Å². The summed E-state index contributed by atoms with van der Waals surface area (Å²) in [5.74, 6) is 0.416. The van der Waals surface area contributed by atoms with Crippen LogP contribution in [0.2, 0.25) is 0 Å². The third kappa shape index (κ3) is 2.78. The van der Waals surface area contributed by atoms with E-state index in [2.05, 4.69) is 5.32 Å². The molecule has 2 aromatic carbocycles. The molecule has 2 aliphatic rings. The first-order valence-electron chi connectivity index (χ1n) is 8.20. The number of carbonyl (C=O) groups is 2. The molecule has 1 unspecified atom stereocenters. The van der Waals surface area contributed by atoms with Crippen LogP contribution >= 0.6 is 0 Å². The van der Waals surface area contributed by atoms with Crippen LogP contribution in [0.25, 0.3) is 6.08 Å². The van der Waals surface area contributed by atoms with Crippen molar-refractivity contribution in [2.75, 3.05) is 7.11 Å². The van der Waals surface area contributed by atoms with E-state index in [9.17, 15) is 9.59 Å².